The third-order valence-electron chi connectivity index (χ3n) is 4.17. The first-order chi connectivity index (χ1) is 9.52. The van der Waals surface area contributed by atoms with E-state index in [2.05, 4.69) is 19.0 Å². The Kier molecular flexibility index (Phi) is 6.68. The third kappa shape index (κ3) is 4.62. The maximum Gasteiger partial charge on any atom is 0.248 e. The van der Waals surface area contributed by atoms with Gasteiger partial charge in [-0.05, 0) is 39.1 Å². The van der Waals surface area contributed by atoms with Crippen molar-refractivity contribution in [1.82, 2.24) is 4.90 Å². The summed E-state index contributed by atoms with van der Waals surface area (Å²) in [5.41, 5.74) is 11.7. The number of primary amides is 1. The van der Waals surface area contributed by atoms with E-state index in [9.17, 15) is 4.79 Å². The number of hydrogen-bond donors (Lipinski definition) is 2. The minimum absolute atomic E-state index is 0.332. The van der Waals surface area contributed by atoms with E-state index in [1.165, 1.54) is 32.1 Å². The van der Waals surface area contributed by atoms with Crippen LogP contribution >= 0.6 is 0 Å². The Morgan fingerprint density at radius 1 is 1.15 bits per heavy atom. The van der Waals surface area contributed by atoms with Gasteiger partial charge < -0.3 is 16.4 Å². The molecule has 1 fully saturated rings. The van der Waals surface area contributed by atoms with Crippen LogP contribution in [0.1, 0.15) is 42.5 Å². The van der Waals surface area contributed by atoms with Crippen molar-refractivity contribution in [3.8, 4) is 0 Å². The molecule has 0 aromatic heterocycles. The summed E-state index contributed by atoms with van der Waals surface area (Å²) in [4.78, 5) is 12.7. The zero-order valence-electron chi connectivity index (χ0n) is 12.6. The summed E-state index contributed by atoms with van der Waals surface area (Å²) in [5.74, 6) is -0.379. The second-order valence-electron chi connectivity index (χ2n) is 5.61. The predicted molar refractivity (Wildman–Crippen MR) is 83.5 cm³/mol. The Morgan fingerprint density at radius 3 is 2.00 bits per heavy atom. The van der Waals surface area contributed by atoms with Gasteiger partial charge in [-0.25, -0.2) is 0 Å². The molecule has 0 bridgehead atoms. The van der Waals surface area contributed by atoms with Gasteiger partial charge in [-0.15, -0.1) is 0 Å². The van der Waals surface area contributed by atoms with Crippen LogP contribution < -0.4 is 11.5 Å². The maximum absolute atomic E-state index is 10.4. The van der Waals surface area contributed by atoms with Crippen LogP contribution in [0.4, 0.5) is 0 Å². The lowest BCUT2D eigenvalue weighted by Crippen LogP contribution is -2.51. The van der Waals surface area contributed by atoms with Gasteiger partial charge in [0.25, 0.3) is 0 Å². The molecule has 1 saturated carbocycles. The van der Waals surface area contributed by atoms with Crippen molar-refractivity contribution in [1.29, 1.82) is 0 Å². The number of amides is 1. The summed E-state index contributed by atoms with van der Waals surface area (Å²) < 4.78 is 0. The van der Waals surface area contributed by atoms with Crippen LogP contribution in [-0.4, -0.2) is 37.0 Å². The van der Waals surface area contributed by atoms with Crippen molar-refractivity contribution in [2.45, 2.75) is 37.6 Å². The van der Waals surface area contributed by atoms with Crippen LogP contribution in [0.2, 0.25) is 0 Å². The molecular formula is C16H27N3O. The van der Waals surface area contributed by atoms with Crippen molar-refractivity contribution >= 4 is 5.91 Å². The summed E-state index contributed by atoms with van der Waals surface area (Å²) in [5, 5.41) is 0. The number of nitrogens with zero attached hydrogens (tertiary/aromatic N) is 1. The molecule has 0 heterocycles. The van der Waals surface area contributed by atoms with E-state index in [0.29, 0.717) is 11.1 Å². The lowest BCUT2D eigenvalue weighted by atomic mass is 9.81. The van der Waals surface area contributed by atoms with Crippen LogP contribution in [-0.2, 0) is 0 Å². The van der Waals surface area contributed by atoms with Gasteiger partial charge in [-0.2, -0.15) is 0 Å². The van der Waals surface area contributed by atoms with Crippen molar-refractivity contribution in [3.63, 3.8) is 0 Å². The van der Waals surface area contributed by atoms with Crippen LogP contribution in [0.15, 0.2) is 30.3 Å². The maximum atomic E-state index is 10.4. The van der Waals surface area contributed by atoms with E-state index in [-0.39, 0.29) is 5.91 Å². The van der Waals surface area contributed by atoms with Crippen LogP contribution in [0.25, 0.3) is 0 Å². The highest BCUT2D eigenvalue weighted by atomic mass is 16.1. The summed E-state index contributed by atoms with van der Waals surface area (Å²) in [7, 11) is 4.30. The molecule has 4 heteroatoms. The average molecular weight is 277 g/mol. The van der Waals surface area contributed by atoms with Crippen molar-refractivity contribution in [2.24, 2.45) is 11.5 Å². The molecule has 0 aliphatic heterocycles. The van der Waals surface area contributed by atoms with Gasteiger partial charge in [-0.1, -0.05) is 37.5 Å². The summed E-state index contributed by atoms with van der Waals surface area (Å²) in [6.45, 7) is 0.819. The van der Waals surface area contributed by atoms with Crippen molar-refractivity contribution < 1.29 is 4.79 Å². The van der Waals surface area contributed by atoms with E-state index in [0.717, 1.165) is 6.54 Å². The largest absolute Gasteiger partial charge is 0.366 e. The molecule has 4 N–H and O–H groups in total. The molecule has 1 aliphatic rings. The molecule has 1 amide bonds. The first kappa shape index (κ1) is 16.7. The molecule has 1 aromatic rings. The van der Waals surface area contributed by atoms with E-state index < -0.39 is 0 Å². The Bertz CT molecular complexity index is 397. The standard InChI is InChI=1S/C9H20N2.C7H7NO/c1-11(2)9(8-10)6-4-3-5-7-9;8-7(9)6-4-2-1-3-5-6/h3-8,10H2,1-2H3;1-5H,(H2,8,9). The fourth-order valence-corrected chi connectivity index (χ4v) is 2.65. The lowest BCUT2D eigenvalue weighted by molar-refractivity contribution is 0.100. The van der Waals surface area contributed by atoms with Crippen molar-refractivity contribution in [2.75, 3.05) is 20.6 Å². The number of benzene rings is 1. The molecule has 2 rings (SSSR count). The SMILES string of the molecule is CN(C)C1(CN)CCCCC1.NC(=O)c1ccccc1. The van der Waals surface area contributed by atoms with E-state index in [1.54, 1.807) is 24.3 Å². The van der Waals surface area contributed by atoms with E-state index in [4.69, 9.17) is 11.5 Å². The average Bonchev–Trinajstić information content (AvgIpc) is 2.49. The molecule has 112 valence electrons. The number of likely N-dealkylation sites (N-methyl/N-ethyl adjacent to an activating group) is 1. The fraction of sp³-hybridized carbons (Fsp3) is 0.562. The first-order valence-electron chi connectivity index (χ1n) is 7.24. The lowest BCUT2D eigenvalue weighted by Gasteiger charge is -2.42. The molecule has 0 unspecified atom stereocenters. The molecule has 4 nitrogen and oxygen atoms in total. The van der Waals surface area contributed by atoms with Gasteiger partial charge in [0.2, 0.25) is 5.91 Å². The Labute approximate surface area is 122 Å². The van der Waals surface area contributed by atoms with Crippen molar-refractivity contribution in [3.05, 3.63) is 35.9 Å². The molecular weight excluding hydrogens is 250 g/mol. The quantitative estimate of drug-likeness (QED) is 0.887. The van der Waals surface area contributed by atoms with Crippen LogP contribution in [0.5, 0.6) is 0 Å². The Hall–Kier alpha value is -1.39. The Balaban J connectivity index is 0.000000204. The topological polar surface area (TPSA) is 72.3 Å². The highest BCUT2D eigenvalue weighted by molar-refractivity contribution is 5.92. The molecule has 20 heavy (non-hydrogen) atoms. The van der Waals surface area contributed by atoms with E-state index in [1.807, 2.05) is 6.07 Å². The van der Waals surface area contributed by atoms with E-state index >= 15 is 0 Å². The van der Waals surface area contributed by atoms with Gasteiger partial charge in [0, 0.05) is 17.6 Å². The highest BCUT2D eigenvalue weighted by Gasteiger charge is 2.32. The fourth-order valence-electron chi connectivity index (χ4n) is 2.65. The second-order valence-corrected chi connectivity index (χ2v) is 5.61. The number of rotatable bonds is 3. The van der Waals surface area contributed by atoms with Crippen LogP contribution in [0.3, 0.4) is 0 Å². The normalized spacial score (nSPS) is 17.2. The molecule has 0 saturated heterocycles. The van der Waals surface area contributed by atoms with Gasteiger partial charge in [0.15, 0.2) is 0 Å². The number of nitrogens with two attached hydrogens (primary N) is 2. The smallest absolute Gasteiger partial charge is 0.248 e. The monoisotopic (exact) mass is 277 g/mol. The Morgan fingerprint density at radius 2 is 1.70 bits per heavy atom. The number of carbonyl (C=O) groups is 1. The summed E-state index contributed by atoms with van der Waals surface area (Å²) >= 11 is 0. The highest BCUT2D eigenvalue weighted by Crippen LogP contribution is 2.30. The zero-order chi connectivity index (χ0) is 15.0. The first-order valence-corrected chi connectivity index (χ1v) is 7.24. The number of hydrogen-bond acceptors (Lipinski definition) is 3. The summed E-state index contributed by atoms with van der Waals surface area (Å²) in [6.07, 6.45) is 6.69. The minimum atomic E-state index is -0.379. The molecule has 0 spiro atoms. The second kappa shape index (κ2) is 8.02. The van der Waals surface area contributed by atoms with Gasteiger partial charge >= 0.3 is 0 Å². The minimum Gasteiger partial charge on any atom is -0.366 e. The third-order valence-corrected chi connectivity index (χ3v) is 4.17. The van der Waals surface area contributed by atoms with Gasteiger partial charge in [0.05, 0.1) is 0 Å². The van der Waals surface area contributed by atoms with Crippen LogP contribution in [0, 0.1) is 0 Å². The summed E-state index contributed by atoms with van der Waals surface area (Å²) in [6, 6.07) is 8.76. The molecule has 0 atom stereocenters. The van der Waals surface area contributed by atoms with Gasteiger partial charge in [-0.3, -0.25) is 4.79 Å². The molecule has 0 radical (unpaired) electrons. The predicted octanol–water partition coefficient (Wildman–Crippen LogP) is 2.00. The number of carbonyl (C=O) groups excluding carboxylic acids is 1. The molecule has 1 aromatic carbocycles. The van der Waals surface area contributed by atoms with Gasteiger partial charge in [0.1, 0.15) is 0 Å². The zero-order valence-corrected chi connectivity index (χ0v) is 12.6. The molecule has 1 aliphatic carbocycles.